The van der Waals surface area contributed by atoms with Crippen molar-refractivity contribution in [1.82, 2.24) is 5.32 Å². The molecule has 0 aromatic rings. The number of carbonyl (C=O) groups excluding carboxylic acids is 1. The smallest absolute Gasteiger partial charge is 0.220 e. The summed E-state index contributed by atoms with van der Waals surface area (Å²) in [6.07, 6.45) is 17.6. The summed E-state index contributed by atoms with van der Waals surface area (Å²) in [6.45, 7) is 1.41. The second-order valence-electron chi connectivity index (χ2n) is 21.1. The SMILES string of the molecule is CCCCCCCCCCCCCCCCCCCCC/C=C/CC/C=C/CC/C=C/C(O)C(COC1OC(CO)C(OC2OC(CO)C(OC3OC(CO)C(O)C(O)C3O)C(O)C2O)C(O)C1O)NC(=O)CCCC. The van der Waals surface area contributed by atoms with Crippen molar-refractivity contribution in [3.05, 3.63) is 36.5 Å². The number of hydrogen-bond donors (Lipinski definition) is 12. The molecular formula is C57H103NO18. The lowest BCUT2D eigenvalue weighted by atomic mass is 9.96. The summed E-state index contributed by atoms with van der Waals surface area (Å²) in [6, 6.07) is -0.989. The van der Waals surface area contributed by atoms with Gasteiger partial charge < -0.3 is 89.9 Å². The quantitative estimate of drug-likeness (QED) is 0.0295. The first-order chi connectivity index (χ1) is 36.8. The molecule has 0 aliphatic carbocycles. The summed E-state index contributed by atoms with van der Waals surface area (Å²) in [4.78, 5) is 12.8. The van der Waals surface area contributed by atoms with Gasteiger partial charge in [-0.2, -0.15) is 0 Å². The number of rotatable bonds is 42. The number of amides is 1. The number of aliphatic hydroxyl groups is 11. The van der Waals surface area contributed by atoms with Gasteiger partial charge in [0.2, 0.25) is 5.91 Å². The summed E-state index contributed by atoms with van der Waals surface area (Å²) >= 11 is 0. The highest BCUT2D eigenvalue weighted by molar-refractivity contribution is 5.76. The first-order valence-electron chi connectivity index (χ1n) is 29.2. The Hall–Kier alpha value is -1.99. The summed E-state index contributed by atoms with van der Waals surface area (Å²) in [5.74, 6) is -0.326. The standard InChI is InChI=1S/C57H103NO18/c1-3-5-7-8-9-10-11-12-13-14-15-16-17-18-19-20-21-22-23-24-25-26-27-28-29-30-31-32-33-34-41(62)40(58-45(63)35-6-4-2)39-71-55-51(69)48(66)53(43(37-60)73-55)76-57-52(70)49(67)54(44(38-61)74-57)75-56-50(68)47(65)46(64)42(36-59)72-56/h25-26,29-30,33-34,40-44,46-57,59-62,64-70H,3-24,27-28,31-32,35-39H2,1-2H3,(H,58,63)/b26-25+,30-29+,34-33+. The van der Waals surface area contributed by atoms with Crippen LogP contribution in [0, 0.1) is 0 Å². The number of aliphatic hydroxyl groups excluding tert-OH is 11. The molecule has 0 bridgehead atoms. The van der Waals surface area contributed by atoms with Crippen LogP contribution < -0.4 is 5.32 Å². The van der Waals surface area contributed by atoms with E-state index >= 15 is 0 Å². The summed E-state index contributed by atoms with van der Waals surface area (Å²) in [7, 11) is 0. The number of hydrogen-bond acceptors (Lipinski definition) is 18. The Morgan fingerprint density at radius 1 is 0.461 bits per heavy atom. The number of ether oxygens (including phenoxy) is 6. The van der Waals surface area contributed by atoms with Crippen molar-refractivity contribution in [3.8, 4) is 0 Å². The normalized spacial score (nSPS) is 31.2. The van der Waals surface area contributed by atoms with Crippen LogP contribution in [0.1, 0.15) is 187 Å². The van der Waals surface area contributed by atoms with Gasteiger partial charge in [0.15, 0.2) is 18.9 Å². The van der Waals surface area contributed by atoms with Crippen LogP contribution in [0.25, 0.3) is 0 Å². The van der Waals surface area contributed by atoms with Crippen molar-refractivity contribution in [2.24, 2.45) is 0 Å². The molecule has 3 heterocycles. The van der Waals surface area contributed by atoms with Gasteiger partial charge in [-0.1, -0.05) is 172 Å². The van der Waals surface area contributed by atoms with Gasteiger partial charge >= 0.3 is 0 Å². The molecule has 0 spiro atoms. The molecule has 19 nitrogen and oxygen atoms in total. The molecule has 3 aliphatic rings. The van der Waals surface area contributed by atoms with Crippen molar-refractivity contribution in [3.63, 3.8) is 0 Å². The van der Waals surface area contributed by atoms with E-state index in [1.54, 1.807) is 6.08 Å². The summed E-state index contributed by atoms with van der Waals surface area (Å²) in [5, 5.41) is 119. The Morgan fingerprint density at radius 2 is 0.842 bits per heavy atom. The average molecular weight is 1090 g/mol. The highest BCUT2D eigenvalue weighted by Gasteiger charge is 2.53. The van der Waals surface area contributed by atoms with Crippen LogP contribution in [-0.2, 0) is 33.2 Å². The van der Waals surface area contributed by atoms with Gasteiger partial charge in [0.05, 0.1) is 38.6 Å². The minimum absolute atomic E-state index is 0.206. The third-order valence-corrected chi connectivity index (χ3v) is 14.7. The second-order valence-corrected chi connectivity index (χ2v) is 21.1. The van der Waals surface area contributed by atoms with Crippen molar-refractivity contribution in [2.75, 3.05) is 26.4 Å². The summed E-state index contributed by atoms with van der Waals surface area (Å²) in [5.41, 5.74) is 0. The number of allylic oxidation sites excluding steroid dienone is 5. The third-order valence-electron chi connectivity index (χ3n) is 14.7. The molecule has 12 N–H and O–H groups in total. The highest BCUT2D eigenvalue weighted by atomic mass is 16.8. The lowest BCUT2D eigenvalue weighted by Crippen LogP contribution is -2.66. The van der Waals surface area contributed by atoms with Gasteiger partial charge in [-0.3, -0.25) is 4.79 Å². The first-order valence-corrected chi connectivity index (χ1v) is 29.2. The molecular weight excluding hydrogens is 987 g/mol. The molecule has 17 unspecified atom stereocenters. The molecule has 19 heteroatoms. The van der Waals surface area contributed by atoms with Gasteiger partial charge in [-0.05, 0) is 44.9 Å². The van der Waals surface area contributed by atoms with Crippen molar-refractivity contribution in [1.29, 1.82) is 0 Å². The first kappa shape index (κ1) is 68.3. The van der Waals surface area contributed by atoms with E-state index in [2.05, 4.69) is 36.5 Å². The van der Waals surface area contributed by atoms with Crippen LogP contribution in [0.4, 0.5) is 0 Å². The molecule has 444 valence electrons. The molecule has 3 aliphatic heterocycles. The zero-order valence-electron chi connectivity index (χ0n) is 46.0. The molecule has 3 rings (SSSR count). The van der Waals surface area contributed by atoms with Gasteiger partial charge in [0.25, 0.3) is 0 Å². The minimum Gasteiger partial charge on any atom is -0.394 e. The van der Waals surface area contributed by atoms with Crippen LogP contribution in [-0.4, -0.2) is 193 Å². The Bertz CT molecular complexity index is 1540. The van der Waals surface area contributed by atoms with Crippen LogP contribution >= 0.6 is 0 Å². The maximum atomic E-state index is 12.8. The zero-order valence-corrected chi connectivity index (χ0v) is 46.0. The lowest BCUT2D eigenvalue weighted by Gasteiger charge is -2.48. The van der Waals surface area contributed by atoms with Crippen LogP contribution in [0.2, 0.25) is 0 Å². The van der Waals surface area contributed by atoms with E-state index in [0.717, 1.165) is 32.1 Å². The molecule has 3 saturated heterocycles. The van der Waals surface area contributed by atoms with E-state index in [0.29, 0.717) is 12.8 Å². The molecule has 17 atom stereocenters. The predicted molar refractivity (Wildman–Crippen MR) is 286 cm³/mol. The topological polar surface area (TPSA) is 307 Å². The number of nitrogens with one attached hydrogen (secondary N) is 1. The Morgan fingerprint density at radius 3 is 1.30 bits per heavy atom. The van der Waals surface area contributed by atoms with Gasteiger partial charge in [-0.15, -0.1) is 0 Å². The maximum Gasteiger partial charge on any atom is 0.220 e. The van der Waals surface area contributed by atoms with Crippen LogP contribution in [0.3, 0.4) is 0 Å². The predicted octanol–water partition coefficient (Wildman–Crippen LogP) is 4.54. The van der Waals surface area contributed by atoms with Crippen molar-refractivity contribution < 1.29 is 89.4 Å². The zero-order chi connectivity index (χ0) is 55.5. The van der Waals surface area contributed by atoms with Crippen molar-refractivity contribution >= 4 is 5.91 Å². The fraction of sp³-hybridized carbons (Fsp3) is 0.877. The minimum atomic E-state index is -1.98. The molecule has 3 fully saturated rings. The Kier molecular flexibility index (Phi) is 36.9. The van der Waals surface area contributed by atoms with E-state index in [1.807, 2.05) is 13.0 Å². The molecule has 0 aromatic heterocycles. The Balaban J connectivity index is 1.34. The largest absolute Gasteiger partial charge is 0.394 e. The fourth-order valence-electron chi connectivity index (χ4n) is 9.79. The van der Waals surface area contributed by atoms with Crippen LogP contribution in [0.15, 0.2) is 36.5 Å². The third kappa shape index (κ3) is 25.2. The fourth-order valence-corrected chi connectivity index (χ4v) is 9.79. The maximum absolute atomic E-state index is 12.8. The Labute approximate surface area is 453 Å². The number of unbranched alkanes of at least 4 members (excludes halogenated alkanes) is 22. The van der Waals surface area contributed by atoms with E-state index in [-0.39, 0.29) is 18.9 Å². The average Bonchev–Trinajstić information content (AvgIpc) is 3.42. The van der Waals surface area contributed by atoms with E-state index in [4.69, 9.17) is 28.4 Å². The van der Waals surface area contributed by atoms with Crippen LogP contribution in [0.5, 0.6) is 0 Å². The highest BCUT2D eigenvalue weighted by Crippen LogP contribution is 2.33. The molecule has 0 saturated carbocycles. The molecule has 76 heavy (non-hydrogen) atoms. The van der Waals surface area contributed by atoms with Gasteiger partial charge in [0, 0.05) is 6.42 Å². The molecule has 1 amide bonds. The monoisotopic (exact) mass is 1090 g/mol. The van der Waals surface area contributed by atoms with Gasteiger partial charge in [0.1, 0.15) is 73.2 Å². The van der Waals surface area contributed by atoms with E-state index in [1.165, 1.54) is 122 Å². The summed E-state index contributed by atoms with van der Waals surface area (Å²) < 4.78 is 33.9. The molecule has 0 radical (unpaired) electrons. The molecule has 0 aromatic carbocycles. The lowest BCUT2D eigenvalue weighted by molar-refractivity contribution is -0.379. The second kappa shape index (κ2) is 41.1. The number of carbonyl (C=O) groups is 1. The van der Waals surface area contributed by atoms with E-state index < -0.39 is 124 Å². The van der Waals surface area contributed by atoms with E-state index in [9.17, 15) is 61.0 Å². The van der Waals surface area contributed by atoms with Gasteiger partial charge in [-0.25, -0.2) is 0 Å². The van der Waals surface area contributed by atoms with Crippen molar-refractivity contribution in [2.45, 2.75) is 291 Å².